The Morgan fingerprint density at radius 2 is 1.77 bits per heavy atom. The average molecular weight is 431 g/mol. The van der Waals surface area contributed by atoms with Crippen molar-refractivity contribution in [1.29, 1.82) is 0 Å². The Morgan fingerprint density at radius 1 is 1.07 bits per heavy atom. The van der Waals surface area contributed by atoms with Gasteiger partial charge in [0.25, 0.3) is 0 Å². The Bertz CT molecular complexity index is 784. The monoisotopic (exact) mass is 430 g/mol. The summed E-state index contributed by atoms with van der Waals surface area (Å²) in [7, 11) is 0. The highest BCUT2D eigenvalue weighted by Crippen LogP contribution is 2.15. The summed E-state index contributed by atoms with van der Waals surface area (Å²) in [5.74, 6) is 0.452. The summed E-state index contributed by atoms with van der Waals surface area (Å²) in [6, 6.07) is 15.7. The number of carbonyl (C=O) groups is 2. The number of rotatable bonds is 12. The molecule has 0 saturated carbocycles. The van der Waals surface area contributed by atoms with E-state index in [4.69, 9.17) is 0 Å². The van der Waals surface area contributed by atoms with Gasteiger partial charge in [-0.25, -0.2) is 4.39 Å². The first kappa shape index (κ1) is 23.9. The summed E-state index contributed by atoms with van der Waals surface area (Å²) in [4.78, 5) is 27.2. The normalized spacial score (nSPS) is 11.7. The summed E-state index contributed by atoms with van der Waals surface area (Å²) < 4.78 is 13.0. The van der Waals surface area contributed by atoms with Crippen LogP contribution in [0.5, 0.6) is 0 Å². The molecule has 0 saturated heterocycles. The Kier molecular flexibility index (Phi) is 10.4. The van der Waals surface area contributed by atoms with E-state index in [1.165, 1.54) is 23.9 Å². The predicted molar refractivity (Wildman–Crippen MR) is 122 cm³/mol. The van der Waals surface area contributed by atoms with Gasteiger partial charge in [-0.2, -0.15) is 0 Å². The zero-order valence-corrected chi connectivity index (χ0v) is 18.6. The highest BCUT2D eigenvalue weighted by molar-refractivity contribution is 7.99. The molecule has 2 rings (SSSR count). The van der Waals surface area contributed by atoms with E-state index >= 15 is 0 Å². The molecule has 0 fully saturated rings. The molecular formula is C24H31FN2O2S. The van der Waals surface area contributed by atoms with Gasteiger partial charge in [0.05, 0.1) is 5.75 Å². The van der Waals surface area contributed by atoms with E-state index in [1.807, 2.05) is 30.3 Å². The Labute approximate surface area is 183 Å². The summed E-state index contributed by atoms with van der Waals surface area (Å²) in [6.07, 6.45) is 2.62. The van der Waals surface area contributed by atoms with Crippen molar-refractivity contribution in [3.8, 4) is 0 Å². The number of hydrogen-bond acceptors (Lipinski definition) is 3. The van der Waals surface area contributed by atoms with Gasteiger partial charge in [-0.15, -0.1) is 11.8 Å². The quantitative estimate of drug-likeness (QED) is 0.507. The molecule has 0 radical (unpaired) electrons. The Hall–Kier alpha value is -2.34. The van der Waals surface area contributed by atoms with E-state index in [-0.39, 0.29) is 23.4 Å². The first-order valence-electron chi connectivity index (χ1n) is 10.4. The number of nitrogens with one attached hydrogen (secondary N) is 1. The lowest BCUT2D eigenvalue weighted by Gasteiger charge is -2.28. The molecule has 0 aliphatic heterocycles. The average Bonchev–Trinajstić information content (AvgIpc) is 2.76. The topological polar surface area (TPSA) is 49.4 Å². The fourth-order valence-electron chi connectivity index (χ4n) is 3.03. The molecule has 4 nitrogen and oxygen atoms in total. The van der Waals surface area contributed by atoms with Crippen LogP contribution < -0.4 is 5.32 Å². The molecule has 0 aliphatic rings. The first-order chi connectivity index (χ1) is 14.5. The van der Waals surface area contributed by atoms with Gasteiger partial charge in [0.15, 0.2) is 0 Å². The van der Waals surface area contributed by atoms with Crippen LogP contribution in [0.1, 0.15) is 37.8 Å². The SMILES string of the molecule is CCCCNC(=O)[C@@H](C)N(CCc1ccccc1)C(=O)CSCc1ccc(F)cc1. The Balaban J connectivity index is 1.96. The van der Waals surface area contributed by atoms with Crippen LogP contribution in [0.15, 0.2) is 54.6 Å². The van der Waals surface area contributed by atoms with E-state index in [2.05, 4.69) is 12.2 Å². The third-order valence-corrected chi connectivity index (χ3v) is 5.88. The molecule has 0 unspecified atom stereocenters. The molecule has 6 heteroatoms. The van der Waals surface area contributed by atoms with E-state index in [9.17, 15) is 14.0 Å². The van der Waals surface area contributed by atoms with Gasteiger partial charge in [-0.1, -0.05) is 55.8 Å². The third kappa shape index (κ3) is 8.19. The van der Waals surface area contributed by atoms with Crippen molar-refractivity contribution in [1.82, 2.24) is 10.2 Å². The summed E-state index contributed by atoms with van der Waals surface area (Å²) >= 11 is 1.48. The standard InChI is InChI=1S/C24H31FN2O2S/c1-3-4-15-26-24(29)19(2)27(16-14-20-8-6-5-7-9-20)23(28)18-30-17-21-10-12-22(25)13-11-21/h5-13,19H,3-4,14-18H2,1-2H3,(H,26,29)/t19-/m1/s1. The van der Waals surface area contributed by atoms with Gasteiger partial charge in [-0.05, 0) is 43.0 Å². The largest absolute Gasteiger partial charge is 0.354 e. The molecular weight excluding hydrogens is 399 g/mol. The highest BCUT2D eigenvalue weighted by Gasteiger charge is 2.25. The van der Waals surface area contributed by atoms with Crippen molar-refractivity contribution in [3.05, 3.63) is 71.5 Å². The number of nitrogens with zero attached hydrogens (tertiary/aromatic N) is 1. The number of carbonyl (C=O) groups excluding carboxylic acids is 2. The van der Waals surface area contributed by atoms with Gasteiger partial charge in [-0.3, -0.25) is 9.59 Å². The van der Waals surface area contributed by atoms with Crippen LogP contribution in [-0.2, 0) is 21.8 Å². The highest BCUT2D eigenvalue weighted by atomic mass is 32.2. The van der Waals surface area contributed by atoms with Gasteiger partial charge < -0.3 is 10.2 Å². The van der Waals surface area contributed by atoms with Crippen molar-refractivity contribution in [2.75, 3.05) is 18.8 Å². The summed E-state index contributed by atoms with van der Waals surface area (Å²) in [5, 5.41) is 2.93. The molecule has 0 heterocycles. The second-order valence-corrected chi connectivity index (χ2v) is 8.25. The zero-order chi connectivity index (χ0) is 21.8. The van der Waals surface area contributed by atoms with Crippen molar-refractivity contribution in [3.63, 3.8) is 0 Å². The lowest BCUT2D eigenvalue weighted by molar-refractivity contribution is -0.137. The Morgan fingerprint density at radius 3 is 2.43 bits per heavy atom. The minimum atomic E-state index is -0.524. The minimum Gasteiger partial charge on any atom is -0.354 e. The summed E-state index contributed by atoms with van der Waals surface area (Å²) in [6.45, 7) is 4.97. The number of unbranched alkanes of at least 4 members (excludes halogenated alkanes) is 1. The number of halogens is 1. The van der Waals surface area contributed by atoms with Crippen LogP contribution in [0, 0.1) is 5.82 Å². The van der Waals surface area contributed by atoms with Gasteiger partial charge >= 0.3 is 0 Å². The van der Waals surface area contributed by atoms with E-state index in [1.54, 1.807) is 24.0 Å². The van der Waals surface area contributed by atoms with Crippen LogP contribution in [0.3, 0.4) is 0 Å². The second kappa shape index (κ2) is 13.1. The molecule has 1 N–H and O–H groups in total. The molecule has 2 aromatic carbocycles. The molecule has 0 spiro atoms. The molecule has 162 valence electrons. The molecule has 1 atom stereocenters. The van der Waals surface area contributed by atoms with Gasteiger partial charge in [0.1, 0.15) is 11.9 Å². The fourth-order valence-corrected chi connectivity index (χ4v) is 3.90. The number of hydrogen-bond donors (Lipinski definition) is 1. The van der Waals surface area contributed by atoms with Crippen molar-refractivity contribution in [2.45, 2.75) is 44.9 Å². The van der Waals surface area contributed by atoms with Crippen molar-refractivity contribution < 1.29 is 14.0 Å². The van der Waals surface area contributed by atoms with Gasteiger partial charge in [0.2, 0.25) is 11.8 Å². The van der Waals surface area contributed by atoms with Gasteiger partial charge in [0, 0.05) is 18.8 Å². The number of benzene rings is 2. The molecule has 0 aliphatic carbocycles. The fraction of sp³-hybridized carbons (Fsp3) is 0.417. The molecule has 0 bridgehead atoms. The second-order valence-electron chi connectivity index (χ2n) is 7.26. The number of amides is 2. The number of thioether (sulfide) groups is 1. The van der Waals surface area contributed by atoms with Crippen molar-refractivity contribution >= 4 is 23.6 Å². The van der Waals surface area contributed by atoms with E-state index in [0.29, 0.717) is 25.3 Å². The molecule has 30 heavy (non-hydrogen) atoms. The van der Waals surface area contributed by atoms with Crippen LogP contribution in [0.4, 0.5) is 4.39 Å². The predicted octanol–water partition coefficient (Wildman–Crippen LogP) is 4.44. The zero-order valence-electron chi connectivity index (χ0n) is 17.8. The lowest BCUT2D eigenvalue weighted by Crippen LogP contribution is -2.49. The minimum absolute atomic E-state index is 0.0591. The maximum Gasteiger partial charge on any atom is 0.242 e. The maximum atomic E-state index is 13.0. The first-order valence-corrected chi connectivity index (χ1v) is 11.6. The van der Waals surface area contributed by atoms with E-state index < -0.39 is 6.04 Å². The molecule has 0 aromatic heterocycles. The third-order valence-electron chi connectivity index (χ3n) is 4.89. The van der Waals surface area contributed by atoms with Crippen LogP contribution in [-0.4, -0.2) is 41.6 Å². The van der Waals surface area contributed by atoms with Crippen LogP contribution in [0.25, 0.3) is 0 Å². The summed E-state index contributed by atoms with van der Waals surface area (Å²) in [5.41, 5.74) is 2.10. The molecule has 2 amide bonds. The van der Waals surface area contributed by atoms with E-state index in [0.717, 1.165) is 24.0 Å². The van der Waals surface area contributed by atoms with Crippen LogP contribution >= 0.6 is 11.8 Å². The smallest absolute Gasteiger partial charge is 0.242 e. The lowest BCUT2D eigenvalue weighted by atomic mass is 10.1. The van der Waals surface area contributed by atoms with Crippen LogP contribution in [0.2, 0.25) is 0 Å². The maximum absolute atomic E-state index is 13.0. The van der Waals surface area contributed by atoms with Crippen molar-refractivity contribution in [2.24, 2.45) is 0 Å². The molecule has 2 aromatic rings.